The van der Waals surface area contributed by atoms with E-state index in [2.05, 4.69) is 21.9 Å². The molecule has 8 heteroatoms. The first-order chi connectivity index (χ1) is 10.2. The molecule has 0 amide bonds. The van der Waals surface area contributed by atoms with E-state index in [4.69, 9.17) is 20.9 Å². The van der Waals surface area contributed by atoms with E-state index in [1.54, 1.807) is 7.11 Å². The lowest BCUT2D eigenvalue weighted by atomic mass is 10.3. The molecule has 0 radical (unpaired) electrons. The van der Waals surface area contributed by atoms with E-state index in [1.807, 2.05) is 4.90 Å². The third kappa shape index (κ3) is 7.05. The van der Waals surface area contributed by atoms with Gasteiger partial charge in [-0.25, -0.2) is 0 Å². The lowest BCUT2D eigenvalue weighted by molar-refractivity contribution is 0.127. The quantitative estimate of drug-likeness (QED) is 0.460. The molecule has 0 spiro atoms. The molecule has 0 fully saturated rings. The van der Waals surface area contributed by atoms with E-state index in [9.17, 15) is 0 Å². The molecule has 0 bridgehead atoms. The fourth-order valence-electron chi connectivity index (χ4n) is 1.77. The van der Waals surface area contributed by atoms with E-state index < -0.39 is 0 Å². The van der Waals surface area contributed by atoms with Crippen molar-refractivity contribution >= 4 is 17.8 Å². The summed E-state index contributed by atoms with van der Waals surface area (Å²) in [7, 11) is 1.62. The van der Waals surface area contributed by atoms with Gasteiger partial charge in [-0.2, -0.15) is 15.0 Å². The summed E-state index contributed by atoms with van der Waals surface area (Å²) in [6.07, 6.45) is 4.18. The van der Waals surface area contributed by atoms with E-state index in [-0.39, 0.29) is 11.9 Å². The SMILES string of the molecule is CCCCOCCCCN(COC)c1nc(N)nc(N)n1. The molecule has 120 valence electrons. The van der Waals surface area contributed by atoms with Gasteiger partial charge >= 0.3 is 0 Å². The molecule has 1 heterocycles. The summed E-state index contributed by atoms with van der Waals surface area (Å²) in [5, 5.41) is 0. The number of aromatic nitrogens is 3. The second kappa shape index (κ2) is 10.1. The van der Waals surface area contributed by atoms with Crippen LogP contribution in [0.1, 0.15) is 32.6 Å². The van der Waals surface area contributed by atoms with Crippen molar-refractivity contribution in [1.29, 1.82) is 0 Å². The van der Waals surface area contributed by atoms with Crippen LogP contribution in [-0.4, -0.2) is 48.6 Å². The highest BCUT2D eigenvalue weighted by atomic mass is 16.5. The highest BCUT2D eigenvalue weighted by Crippen LogP contribution is 2.11. The topological polar surface area (TPSA) is 112 Å². The van der Waals surface area contributed by atoms with Gasteiger partial charge in [0.2, 0.25) is 17.8 Å². The molecule has 1 aromatic heterocycles. The van der Waals surface area contributed by atoms with Crippen molar-refractivity contribution in [2.45, 2.75) is 32.6 Å². The van der Waals surface area contributed by atoms with Crippen LogP contribution in [0.2, 0.25) is 0 Å². The molecule has 4 N–H and O–H groups in total. The lowest BCUT2D eigenvalue weighted by Gasteiger charge is -2.21. The molecule has 0 aliphatic rings. The van der Waals surface area contributed by atoms with Crippen LogP contribution >= 0.6 is 0 Å². The zero-order chi connectivity index (χ0) is 15.5. The van der Waals surface area contributed by atoms with Crippen LogP contribution < -0.4 is 16.4 Å². The highest BCUT2D eigenvalue weighted by Gasteiger charge is 2.11. The first-order valence-corrected chi connectivity index (χ1v) is 7.26. The number of anilines is 3. The monoisotopic (exact) mass is 298 g/mol. The molecule has 0 aliphatic heterocycles. The number of hydrogen-bond acceptors (Lipinski definition) is 8. The number of hydrogen-bond donors (Lipinski definition) is 2. The summed E-state index contributed by atoms with van der Waals surface area (Å²) >= 11 is 0. The van der Waals surface area contributed by atoms with Crippen LogP contribution in [0.3, 0.4) is 0 Å². The summed E-state index contributed by atoms with van der Waals surface area (Å²) in [5.41, 5.74) is 11.2. The molecular formula is C13H26N6O2. The number of methoxy groups -OCH3 is 1. The summed E-state index contributed by atoms with van der Waals surface area (Å²) in [5.74, 6) is 0.664. The minimum absolute atomic E-state index is 0.113. The maximum absolute atomic E-state index is 5.59. The molecule has 0 saturated carbocycles. The maximum atomic E-state index is 5.59. The summed E-state index contributed by atoms with van der Waals surface area (Å²) in [6.45, 7) is 4.87. The second-order valence-electron chi connectivity index (χ2n) is 4.71. The molecule has 1 rings (SSSR count). The van der Waals surface area contributed by atoms with Gasteiger partial charge in [0, 0.05) is 26.9 Å². The largest absolute Gasteiger partial charge is 0.381 e. The third-order valence-electron chi connectivity index (χ3n) is 2.83. The number of unbranched alkanes of at least 4 members (excludes halogenated alkanes) is 2. The van der Waals surface area contributed by atoms with E-state index >= 15 is 0 Å². The van der Waals surface area contributed by atoms with Crippen molar-refractivity contribution in [2.24, 2.45) is 0 Å². The molecule has 21 heavy (non-hydrogen) atoms. The van der Waals surface area contributed by atoms with Crippen molar-refractivity contribution in [1.82, 2.24) is 15.0 Å². The Bertz CT molecular complexity index is 384. The van der Waals surface area contributed by atoms with Crippen LogP contribution in [0.15, 0.2) is 0 Å². The molecule has 1 aromatic rings. The van der Waals surface area contributed by atoms with E-state index in [0.29, 0.717) is 12.7 Å². The first-order valence-electron chi connectivity index (χ1n) is 7.26. The minimum atomic E-state index is 0.113. The second-order valence-corrected chi connectivity index (χ2v) is 4.71. The summed E-state index contributed by atoms with van der Waals surface area (Å²) < 4.78 is 10.7. The van der Waals surface area contributed by atoms with Crippen LogP contribution in [-0.2, 0) is 9.47 Å². The number of ether oxygens (including phenoxy) is 2. The fourth-order valence-corrected chi connectivity index (χ4v) is 1.77. The van der Waals surface area contributed by atoms with Gasteiger partial charge in [-0.3, -0.25) is 0 Å². The van der Waals surface area contributed by atoms with Crippen LogP contribution in [0, 0.1) is 0 Å². The Morgan fingerprint density at radius 1 is 1.00 bits per heavy atom. The van der Waals surface area contributed by atoms with Crippen molar-refractivity contribution in [3.8, 4) is 0 Å². The van der Waals surface area contributed by atoms with E-state index in [0.717, 1.165) is 45.4 Å². The molecule has 0 unspecified atom stereocenters. The van der Waals surface area contributed by atoms with Gasteiger partial charge in [-0.1, -0.05) is 13.3 Å². The van der Waals surface area contributed by atoms with Gasteiger partial charge in [0.1, 0.15) is 6.73 Å². The molecule has 0 saturated heterocycles. The number of rotatable bonds is 11. The highest BCUT2D eigenvalue weighted by molar-refractivity contribution is 5.39. The zero-order valence-electron chi connectivity index (χ0n) is 12.9. The average molecular weight is 298 g/mol. The van der Waals surface area contributed by atoms with Crippen LogP contribution in [0.25, 0.3) is 0 Å². The first kappa shape index (κ1) is 17.4. The normalized spacial score (nSPS) is 10.8. The van der Waals surface area contributed by atoms with Crippen molar-refractivity contribution in [2.75, 3.05) is 50.0 Å². The predicted molar refractivity (Wildman–Crippen MR) is 82.8 cm³/mol. The number of nitrogen functional groups attached to an aromatic ring is 2. The Labute approximate surface area is 125 Å². The summed E-state index contributed by atoms with van der Waals surface area (Å²) in [6, 6.07) is 0. The Kier molecular flexibility index (Phi) is 8.37. The summed E-state index contributed by atoms with van der Waals surface area (Å²) in [4.78, 5) is 13.8. The van der Waals surface area contributed by atoms with E-state index in [1.165, 1.54) is 0 Å². The lowest BCUT2D eigenvalue weighted by Crippen LogP contribution is -2.29. The van der Waals surface area contributed by atoms with Crippen molar-refractivity contribution in [3.05, 3.63) is 0 Å². The molecule has 0 aromatic carbocycles. The van der Waals surface area contributed by atoms with Crippen LogP contribution in [0.5, 0.6) is 0 Å². The molecule has 8 nitrogen and oxygen atoms in total. The Hall–Kier alpha value is -1.67. The van der Waals surface area contributed by atoms with Gasteiger partial charge in [0.25, 0.3) is 0 Å². The van der Waals surface area contributed by atoms with Crippen molar-refractivity contribution < 1.29 is 9.47 Å². The standard InChI is InChI=1S/C13H26N6O2/c1-3-4-8-21-9-6-5-7-19(10-20-2)13-17-11(14)16-12(15)18-13/h3-10H2,1-2H3,(H4,14,15,16,17,18). The third-order valence-corrected chi connectivity index (χ3v) is 2.83. The minimum Gasteiger partial charge on any atom is -0.381 e. The predicted octanol–water partition coefficient (Wildman–Crippen LogP) is 1.04. The fraction of sp³-hybridized carbons (Fsp3) is 0.769. The Balaban J connectivity index is 2.39. The average Bonchev–Trinajstić information content (AvgIpc) is 2.44. The number of nitrogens with two attached hydrogens (primary N) is 2. The van der Waals surface area contributed by atoms with Gasteiger partial charge < -0.3 is 25.8 Å². The van der Waals surface area contributed by atoms with Gasteiger partial charge in [-0.05, 0) is 19.3 Å². The van der Waals surface area contributed by atoms with Gasteiger partial charge in [0.05, 0.1) is 0 Å². The Morgan fingerprint density at radius 3 is 2.29 bits per heavy atom. The molecule has 0 aliphatic carbocycles. The van der Waals surface area contributed by atoms with Gasteiger partial charge in [-0.15, -0.1) is 0 Å². The van der Waals surface area contributed by atoms with Crippen LogP contribution in [0.4, 0.5) is 17.8 Å². The van der Waals surface area contributed by atoms with Gasteiger partial charge in [0.15, 0.2) is 0 Å². The molecule has 0 atom stereocenters. The maximum Gasteiger partial charge on any atom is 0.233 e. The zero-order valence-corrected chi connectivity index (χ0v) is 12.9. The molecular weight excluding hydrogens is 272 g/mol. The smallest absolute Gasteiger partial charge is 0.233 e. The Morgan fingerprint density at radius 2 is 1.67 bits per heavy atom. The van der Waals surface area contributed by atoms with Crippen molar-refractivity contribution in [3.63, 3.8) is 0 Å². The number of nitrogens with zero attached hydrogens (tertiary/aromatic N) is 4.